The summed E-state index contributed by atoms with van der Waals surface area (Å²) in [5.41, 5.74) is 0. The van der Waals surface area contributed by atoms with Crippen LogP contribution in [0.25, 0.3) is 0 Å². The van der Waals surface area contributed by atoms with Gasteiger partial charge in [0.1, 0.15) is 18.3 Å². The van der Waals surface area contributed by atoms with Gasteiger partial charge in [-0.15, -0.1) is 0 Å². The Hall–Kier alpha value is -0.560. The third kappa shape index (κ3) is 2.82. The second-order valence-electron chi connectivity index (χ2n) is 2.31. The van der Waals surface area contributed by atoms with Crippen LogP contribution in [0.15, 0.2) is 0 Å². The first kappa shape index (κ1) is 11.4. The lowest BCUT2D eigenvalue weighted by atomic mass is 10.1. The second-order valence-corrected chi connectivity index (χ2v) is 2.31. The van der Waals surface area contributed by atoms with Gasteiger partial charge >= 0.3 is 0 Å². The van der Waals surface area contributed by atoms with Crippen LogP contribution in [0.5, 0.6) is 0 Å². The summed E-state index contributed by atoms with van der Waals surface area (Å²) < 4.78 is 12.6. The summed E-state index contributed by atoms with van der Waals surface area (Å²) in [6.45, 7) is -0.885. The fraction of sp³-hybridized carbons (Fsp3) is 0.833. The third-order valence-corrected chi connectivity index (χ3v) is 1.37. The highest BCUT2D eigenvalue weighted by Crippen LogP contribution is 2.07. The Morgan fingerprint density at radius 2 is 1.83 bits per heavy atom. The molecule has 0 aliphatic rings. The number of aliphatic hydroxyl groups excluding tert-OH is 4. The molecule has 12 heavy (non-hydrogen) atoms. The van der Waals surface area contributed by atoms with Gasteiger partial charge in [-0.2, -0.15) is 0 Å². The Morgan fingerprint density at radius 3 is 2.17 bits per heavy atom. The summed E-state index contributed by atoms with van der Waals surface area (Å²) in [5.74, 6) is 0. The molecule has 0 heterocycles. The monoisotopic (exact) mass is 181 g/mol. The molecule has 4 atom stereocenters. The molecule has 0 saturated heterocycles. The van der Waals surface area contributed by atoms with Crippen molar-refractivity contribution in [3.63, 3.8) is 0 Å². The molecule has 0 aromatic rings. The Labute approximate surface area is 68.1 Å². The average Bonchev–Trinajstić information content (AvgIpc) is 2.12. The molecule has 0 aromatic heterocycles. The predicted octanol–water partition coefficient (Wildman–Crippen LogP) is -2.40. The van der Waals surface area contributed by atoms with Crippen molar-refractivity contribution < 1.29 is 29.6 Å². The molecule has 0 aliphatic carbocycles. The smallest absolute Gasteiger partial charge is 0.157 e. The maximum absolute atomic E-state index is 12.6. The van der Waals surface area contributed by atoms with E-state index in [2.05, 4.69) is 0 Å². The molecule has 0 aromatic carbocycles. The number of aldehydes is 1. The predicted molar refractivity (Wildman–Crippen MR) is 36.1 cm³/mol. The highest BCUT2D eigenvalue weighted by atomic mass is 18.2. The summed E-state index contributed by atoms with van der Waals surface area (Å²) in [6.07, 6.45) is -7.99. The van der Waals surface area contributed by atoms with E-state index >= 15 is 0 Å². The molecule has 0 amide bonds. The van der Waals surface area contributed by atoms with Gasteiger partial charge in [-0.1, -0.05) is 0 Å². The van der Waals surface area contributed by atoms with E-state index in [1.54, 1.807) is 0 Å². The largest absolute Gasteiger partial charge is 0.394 e. The second kappa shape index (κ2) is 5.15. The lowest BCUT2D eigenvalue weighted by Crippen LogP contribution is -2.43. The van der Waals surface area contributed by atoms with E-state index in [1.165, 1.54) is 0 Å². The molecule has 6 heteroatoms. The minimum atomic E-state index is -2.24. The van der Waals surface area contributed by atoms with E-state index in [1.807, 2.05) is 0 Å². The van der Waals surface area contributed by atoms with E-state index < -0.39 is 31.1 Å². The van der Waals surface area contributed by atoms with Crippen LogP contribution >= 0.6 is 0 Å². The van der Waals surface area contributed by atoms with Gasteiger partial charge in [0.15, 0.2) is 12.5 Å². The standard InChI is InChI=1S/C6H11FO5/c7-5(3(10)1-8)6(12)4(11)2-9/h2-6,8,10-12H,1H2/t3-,4-,5-,6-/m1/s1/i7-1. The maximum Gasteiger partial charge on any atom is 0.157 e. The fourth-order valence-electron chi connectivity index (χ4n) is 0.597. The third-order valence-electron chi connectivity index (χ3n) is 1.37. The maximum atomic E-state index is 12.6. The lowest BCUT2D eigenvalue weighted by Gasteiger charge is -2.20. The van der Waals surface area contributed by atoms with Crippen LogP contribution in [-0.4, -0.2) is 57.8 Å². The molecule has 0 unspecified atom stereocenters. The molecule has 72 valence electrons. The van der Waals surface area contributed by atoms with Crippen molar-refractivity contribution in [3.05, 3.63) is 0 Å². The highest BCUT2D eigenvalue weighted by molar-refractivity contribution is 5.56. The normalized spacial score (nSPS) is 21.1. The van der Waals surface area contributed by atoms with Gasteiger partial charge in [-0.3, -0.25) is 0 Å². The molecular weight excluding hydrogens is 170 g/mol. The Bertz CT molecular complexity index is 142. The summed E-state index contributed by atoms with van der Waals surface area (Å²) in [6, 6.07) is 0. The van der Waals surface area contributed by atoms with Crippen molar-refractivity contribution >= 4 is 6.29 Å². The molecule has 0 saturated carbocycles. The first-order chi connectivity index (χ1) is 5.54. The molecular formula is C6H11FO5. The molecule has 5 nitrogen and oxygen atoms in total. The Morgan fingerprint density at radius 1 is 1.33 bits per heavy atom. The molecule has 4 N–H and O–H groups in total. The van der Waals surface area contributed by atoms with Crippen molar-refractivity contribution in [2.75, 3.05) is 6.61 Å². The average molecular weight is 181 g/mol. The van der Waals surface area contributed by atoms with Crippen molar-refractivity contribution in [1.29, 1.82) is 0 Å². The van der Waals surface area contributed by atoms with Crippen LogP contribution in [-0.2, 0) is 4.79 Å². The van der Waals surface area contributed by atoms with Gasteiger partial charge in [0, 0.05) is 0 Å². The summed E-state index contributed by atoms with van der Waals surface area (Å²) in [5, 5.41) is 34.2. The zero-order valence-electron chi connectivity index (χ0n) is 6.17. The van der Waals surface area contributed by atoms with E-state index in [4.69, 9.17) is 20.4 Å². The fourth-order valence-corrected chi connectivity index (χ4v) is 0.597. The Kier molecular flexibility index (Phi) is 4.91. The zero-order valence-corrected chi connectivity index (χ0v) is 6.17. The number of alkyl halides is 1. The highest BCUT2D eigenvalue weighted by Gasteiger charge is 2.31. The first-order valence-corrected chi connectivity index (χ1v) is 3.29. The van der Waals surface area contributed by atoms with Crippen molar-refractivity contribution in [3.8, 4) is 0 Å². The number of aliphatic hydroxyl groups is 4. The number of hydrogen-bond acceptors (Lipinski definition) is 5. The molecule has 0 fully saturated rings. The molecule has 0 rings (SSSR count). The van der Waals surface area contributed by atoms with Crippen LogP contribution in [0.2, 0.25) is 0 Å². The van der Waals surface area contributed by atoms with Crippen molar-refractivity contribution in [1.82, 2.24) is 0 Å². The summed E-state index contributed by atoms with van der Waals surface area (Å²) in [7, 11) is 0. The minimum Gasteiger partial charge on any atom is -0.394 e. The molecule has 0 spiro atoms. The number of carbonyl (C=O) groups is 1. The first-order valence-electron chi connectivity index (χ1n) is 3.29. The SMILES string of the molecule is O=C[C@@H](O)[C@@H](O)[C@H]([18F])[C@H](O)CO. The van der Waals surface area contributed by atoms with E-state index in [-0.39, 0.29) is 6.29 Å². The van der Waals surface area contributed by atoms with Crippen LogP contribution in [0, 0.1) is 0 Å². The van der Waals surface area contributed by atoms with Crippen LogP contribution in [0.3, 0.4) is 0 Å². The van der Waals surface area contributed by atoms with E-state index in [0.717, 1.165) is 0 Å². The van der Waals surface area contributed by atoms with Crippen molar-refractivity contribution in [2.24, 2.45) is 0 Å². The molecule has 0 aliphatic heterocycles. The Balaban J connectivity index is 4.07. The van der Waals surface area contributed by atoms with Crippen molar-refractivity contribution in [2.45, 2.75) is 24.5 Å². The lowest BCUT2D eigenvalue weighted by molar-refractivity contribution is -0.127. The zero-order chi connectivity index (χ0) is 9.72. The summed E-state index contributed by atoms with van der Waals surface area (Å²) >= 11 is 0. The quantitative estimate of drug-likeness (QED) is 0.354. The topological polar surface area (TPSA) is 98.0 Å². The minimum absolute atomic E-state index is 0.0542. The van der Waals surface area contributed by atoms with Crippen LogP contribution in [0.1, 0.15) is 0 Å². The van der Waals surface area contributed by atoms with Gasteiger partial charge in [0.2, 0.25) is 0 Å². The van der Waals surface area contributed by atoms with Gasteiger partial charge in [-0.05, 0) is 0 Å². The number of rotatable bonds is 5. The van der Waals surface area contributed by atoms with Gasteiger partial charge in [-0.25, -0.2) is 4.39 Å². The van der Waals surface area contributed by atoms with E-state index in [0.29, 0.717) is 0 Å². The summed E-state index contributed by atoms with van der Waals surface area (Å²) in [4.78, 5) is 9.84. The molecule has 0 bridgehead atoms. The van der Waals surface area contributed by atoms with E-state index in [9.17, 15) is 9.18 Å². The number of halogens is 1. The van der Waals surface area contributed by atoms with Gasteiger partial charge < -0.3 is 25.2 Å². The molecule has 0 radical (unpaired) electrons. The number of carbonyl (C=O) groups excluding carboxylic acids is 1. The van der Waals surface area contributed by atoms with Gasteiger partial charge in [0.25, 0.3) is 0 Å². The van der Waals surface area contributed by atoms with Crippen LogP contribution in [0.4, 0.5) is 4.39 Å². The van der Waals surface area contributed by atoms with Crippen LogP contribution < -0.4 is 0 Å². The number of hydrogen-bond donors (Lipinski definition) is 4. The van der Waals surface area contributed by atoms with Gasteiger partial charge in [0.05, 0.1) is 6.61 Å².